The molecule has 0 saturated carbocycles. The summed E-state index contributed by atoms with van der Waals surface area (Å²) in [5.41, 5.74) is 5.79. The molecule has 0 unspecified atom stereocenters. The van der Waals surface area contributed by atoms with Gasteiger partial charge in [0.15, 0.2) is 0 Å². The SMILES string of the molecule is CN(CC(N)=O)c1ccc(Cl)cc1Cl. The Kier molecular flexibility index (Phi) is 3.61. The molecular weight excluding hydrogens is 223 g/mol. The van der Waals surface area contributed by atoms with Crippen LogP contribution < -0.4 is 10.6 Å². The number of hydrogen-bond donors (Lipinski definition) is 1. The molecule has 0 aliphatic rings. The lowest BCUT2D eigenvalue weighted by atomic mass is 10.3. The first-order chi connectivity index (χ1) is 6.50. The van der Waals surface area contributed by atoms with Crippen molar-refractivity contribution in [3.63, 3.8) is 0 Å². The molecule has 0 atom stereocenters. The van der Waals surface area contributed by atoms with Gasteiger partial charge in [0.2, 0.25) is 5.91 Å². The normalized spacial score (nSPS) is 9.93. The van der Waals surface area contributed by atoms with Crippen LogP contribution in [0.3, 0.4) is 0 Å². The van der Waals surface area contributed by atoms with Crippen LogP contribution in [-0.2, 0) is 4.79 Å². The molecule has 0 fully saturated rings. The lowest BCUT2D eigenvalue weighted by molar-refractivity contribution is -0.116. The Bertz CT molecular complexity index is 355. The molecule has 2 N–H and O–H groups in total. The molecule has 5 heteroatoms. The third kappa shape index (κ3) is 2.79. The monoisotopic (exact) mass is 232 g/mol. The van der Waals surface area contributed by atoms with Crippen molar-refractivity contribution in [1.82, 2.24) is 0 Å². The van der Waals surface area contributed by atoms with Gasteiger partial charge in [0, 0.05) is 12.1 Å². The molecule has 0 aliphatic carbocycles. The van der Waals surface area contributed by atoms with Crippen LogP contribution in [0.15, 0.2) is 18.2 Å². The maximum Gasteiger partial charge on any atom is 0.236 e. The standard InChI is InChI=1S/C9H10Cl2N2O/c1-13(5-9(12)14)8-3-2-6(10)4-7(8)11/h2-4H,5H2,1H3,(H2,12,14). The highest BCUT2D eigenvalue weighted by molar-refractivity contribution is 6.36. The molecule has 0 bridgehead atoms. The predicted octanol–water partition coefficient (Wildman–Crippen LogP) is 1.91. The molecule has 1 rings (SSSR count). The summed E-state index contributed by atoms with van der Waals surface area (Å²) in [7, 11) is 1.74. The Morgan fingerprint density at radius 3 is 2.64 bits per heavy atom. The van der Waals surface area contributed by atoms with E-state index in [0.717, 1.165) is 5.69 Å². The van der Waals surface area contributed by atoms with Crippen molar-refractivity contribution in [3.05, 3.63) is 28.2 Å². The highest BCUT2D eigenvalue weighted by Crippen LogP contribution is 2.27. The minimum absolute atomic E-state index is 0.126. The number of nitrogens with zero attached hydrogens (tertiary/aromatic N) is 1. The molecule has 14 heavy (non-hydrogen) atoms. The summed E-state index contributed by atoms with van der Waals surface area (Å²) in [5.74, 6) is -0.404. The molecule has 1 aromatic carbocycles. The van der Waals surface area contributed by atoms with Gasteiger partial charge in [-0.2, -0.15) is 0 Å². The zero-order valence-electron chi connectivity index (χ0n) is 7.63. The van der Waals surface area contributed by atoms with E-state index in [-0.39, 0.29) is 6.54 Å². The van der Waals surface area contributed by atoms with E-state index < -0.39 is 5.91 Å². The number of likely N-dealkylation sites (N-methyl/N-ethyl adjacent to an activating group) is 1. The van der Waals surface area contributed by atoms with E-state index in [4.69, 9.17) is 28.9 Å². The fraction of sp³-hybridized carbons (Fsp3) is 0.222. The number of benzene rings is 1. The molecule has 1 aromatic rings. The van der Waals surface area contributed by atoms with Gasteiger partial charge in [0.1, 0.15) is 0 Å². The number of hydrogen-bond acceptors (Lipinski definition) is 2. The summed E-state index contributed by atoms with van der Waals surface area (Å²) >= 11 is 11.7. The number of nitrogens with two attached hydrogens (primary N) is 1. The van der Waals surface area contributed by atoms with E-state index in [1.165, 1.54) is 0 Å². The van der Waals surface area contributed by atoms with Gasteiger partial charge in [0.25, 0.3) is 0 Å². The van der Waals surface area contributed by atoms with Gasteiger partial charge in [0.05, 0.1) is 17.3 Å². The predicted molar refractivity (Wildman–Crippen MR) is 58.9 cm³/mol. The van der Waals surface area contributed by atoms with Crippen molar-refractivity contribution in [2.45, 2.75) is 0 Å². The Morgan fingerprint density at radius 1 is 1.50 bits per heavy atom. The molecular formula is C9H10Cl2N2O. The number of rotatable bonds is 3. The second-order valence-electron chi connectivity index (χ2n) is 2.92. The zero-order valence-corrected chi connectivity index (χ0v) is 9.14. The van der Waals surface area contributed by atoms with Crippen LogP contribution in [0.1, 0.15) is 0 Å². The number of anilines is 1. The smallest absolute Gasteiger partial charge is 0.236 e. The van der Waals surface area contributed by atoms with E-state index in [9.17, 15) is 4.79 Å². The van der Waals surface area contributed by atoms with Gasteiger partial charge < -0.3 is 10.6 Å². The molecule has 0 saturated heterocycles. The van der Waals surface area contributed by atoms with Gasteiger partial charge in [-0.1, -0.05) is 23.2 Å². The van der Waals surface area contributed by atoms with Crippen LogP contribution in [0.25, 0.3) is 0 Å². The minimum atomic E-state index is -0.404. The van der Waals surface area contributed by atoms with E-state index in [0.29, 0.717) is 10.0 Å². The fourth-order valence-corrected chi connectivity index (χ4v) is 1.66. The molecule has 0 spiro atoms. The van der Waals surface area contributed by atoms with Crippen molar-refractivity contribution in [2.75, 3.05) is 18.5 Å². The third-order valence-corrected chi connectivity index (χ3v) is 2.25. The molecule has 0 aromatic heterocycles. The first-order valence-corrected chi connectivity index (χ1v) is 4.71. The second kappa shape index (κ2) is 4.53. The number of primary amides is 1. The largest absolute Gasteiger partial charge is 0.368 e. The van der Waals surface area contributed by atoms with E-state index in [2.05, 4.69) is 0 Å². The van der Waals surface area contributed by atoms with Crippen molar-refractivity contribution < 1.29 is 4.79 Å². The third-order valence-electron chi connectivity index (χ3n) is 1.71. The van der Waals surface area contributed by atoms with E-state index >= 15 is 0 Å². The van der Waals surface area contributed by atoms with E-state index in [1.54, 1.807) is 30.1 Å². The van der Waals surface area contributed by atoms with Crippen molar-refractivity contribution in [2.24, 2.45) is 5.73 Å². The van der Waals surface area contributed by atoms with Crippen molar-refractivity contribution >= 4 is 34.8 Å². The van der Waals surface area contributed by atoms with Crippen LogP contribution in [0.2, 0.25) is 10.0 Å². The lowest BCUT2D eigenvalue weighted by Crippen LogP contribution is -2.30. The molecule has 0 aliphatic heterocycles. The Hall–Kier alpha value is -0.930. The minimum Gasteiger partial charge on any atom is -0.368 e. The molecule has 0 heterocycles. The van der Waals surface area contributed by atoms with Gasteiger partial charge >= 0.3 is 0 Å². The molecule has 76 valence electrons. The van der Waals surface area contributed by atoms with Gasteiger partial charge in [-0.05, 0) is 18.2 Å². The summed E-state index contributed by atoms with van der Waals surface area (Å²) in [6.07, 6.45) is 0. The Balaban J connectivity index is 2.90. The topological polar surface area (TPSA) is 46.3 Å². The van der Waals surface area contributed by atoms with E-state index in [1.807, 2.05) is 0 Å². The lowest BCUT2D eigenvalue weighted by Gasteiger charge is -2.18. The summed E-state index contributed by atoms with van der Waals surface area (Å²) < 4.78 is 0. The van der Waals surface area contributed by atoms with Crippen LogP contribution in [0.4, 0.5) is 5.69 Å². The zero-order chi connectivity index (χ0) is 10.7. The number of halogens is 2. The van der Waals surface area contributed by atoms with Gasteiger partial charge in [-0.3, -0.25) is 4.79 Å². The van der Waals surface area contributed by atoms with Crippen LogP contribution in [0, 0.1) is 0 Å². The second-order valence-corrected chi connectivity index (χ2v) is 3.76. The number of carbonyl (C=O) groups is 1. The maximum atomic E-state index is 10.7. The van der Waals surface area contributed by atoms with Crippen LogP contribution >= 0.6 is 23.2 Å². The van der Waals surface area contributed by atoms with Gasteiger partial charge in [-0.15, -0.1) is 0 Å². The average Bonchev–Trinajstić information content (AvgIpc) is 2.01. The molecule has 3 nitrogen and oxygen atoms in total. The van der Waals surface area contributed by atoms with Crippen molar-refractivity contribution in [3.8, 4) is 0 Å². The Morgan fingerprint density at radius 2 is 2.14 bits per heavy atom. The first-order valence-electron chi connectivity index (χ1n) is 3.95. The van der Waals surface area contributed by atoms with Crippen LogP contribution in [0.5, 0.6) is 0 Å². The molecule has 0 radical (unpaired) electrons. The highest BCUT2D eigenvalue weighted by atomic mass is 35.5. The summed E-state index contributed by atoms with van der Waals surface area (Å²) in [6, 6.07) is 5.07. The quantitative estimate of drug-likeness (QED) is 0.866. The maximum absolute atomic E-state index is 10.7. The van der Waals surface area contributed by atoms with Crippen molar-refractivity contribution in [1.29, 1.82) is 0 Å². The molecule has 1 amide bonds. The van der Waals surface area contributed by atoms with Gasteiger partial charge in [-0.25, -0.2) is 0 Å². The Labute approximate surface area is 92.4 Å². The summed E-state index contributed by atoms with van der Waals surface area (Å²) in [6.45, 7) is 0.126. The number of amides is 1. The highest BCUT2D eigenvalue weighted by Gasteiger charge is 2.08. The number of carbonyl (C=O) groups excluding carboxylic acids is 1. The van der Waals surface area contributed by atoms with Crippen LogP contribution in [-0.4, -0.2) is 19.5 Å². The summed E-state index contributed by atoms with van der Waals surface area (Å²) in [5, 5.41) is 1.06. The fourth-order valence-electron chi connectivity index (χ4n) is 1.11. The first kappa shape index (κ1) is 11.1. The summed E-state index contributed by atoms with van der Waals surface area (Å²) in [4.78, 5) is 12.3. The average molecular weight is 233 g/mol.